The van der Waals surface area contributed by atoms with Crippen LogP contribution < -0.4 is 0 Å². The molecule has 0 aliphatic carbocycles. The molecule has 0 aromatic heterocycles. The third-order valence-corrected chi connectivity index (χ3v) is 1.52. The van der Waals surface area contributed by atoms with Crippen LogP contribution in [0.3, 0.4) is 0 Å². The van der Waals surface area contributed by atoms with E-state index in [9.17, 15) is 5.11 Å². The number of phenols is 1. The highest BCUT2D eigenvalue weighted by Gasteiger charge is 2.01. The minimum Gasteiger partial charge on any atom is -0.506 e. The zero-order valence-electron chi connectivity index (χ0n) is 5.53. The Morgan fingerprint density at radius 2 is 2.18 bits per heavy atom. The van der Waals surface area contributed by atoms with Crippen molar-refractivity contribution in [3.05, 3.63) is 28.8 Å². The largest absolute Gasteiger partial charge is 0.506 e. The van der Waals surface area contributed by atoms with Gasteiger partial charge in [0.15, 0.2) is 0 Å². The number of rotatable bonds is 1. The maximum absolute atomic E-state index is 9.19. The quantitative estimate of drug-likeness (QED) is 0.385. The first-order valence-electron chi connectivity index (χ1n) is 2.90. The van der Waals surface area contributed by atoms with E-state index in [1.807, 2.05) is 0 Å². The summed E-state index contributed by atoms with van der Waals surface area (Å²) in [5.41, 5.74) is 0.389. The molecule has 2 N–H and O–H groups in total. The Morgan fingerprint density at radius 1 is 1.45 bits per heavy atom. The van der Waals surface area contributed by atoms with Crippen LogP contribution in [0.15, 0.2) is 23.4 Å². The Kier molecular flexibility index (Phi) is 2.33. The molecule has 0 bridgehead atoms. The molecule has 0 saturated heterocycles. The van der Waals surface area contributed by atoms with Crippen molar-refractivity contribution in [2.45, 2.75) is 0 Å². The summed E-state index contributed by atoms with van der Waals surface area (Å²) in [6.45, 7) is 0. The van der Waals surface area contributed by atoms with Crippen molar-refractivity contribution in [1.82, 2.24) is 0 Å². The summed E-state index contributed by atoms with van der Waals surface area (Å²) in [5, 5.41) is 20.3. The highest BCUT2D eigenvalue weighted by atomic mass is 35.5. The minimum absolute atomic E-state index is 0.0769. The van der Waals surface area contributed by atoms with Crippen molar-refractivity contribution >= 4 is 17.8 Å². The van der Waals surface area contributed by atoms with Crippen molar-refractivity contribution in [3.8, 4) is 5.75 Å². The van der Waals surface area contributed by atoms with E-state index >= 15 is 0 Å². The summed E-state index contributed by atoms with van der Waals surface area (Å²) in [4.78, 5) is 0. The summed E-state index contributed by atoms with van der Waals surface area (Å²) in [6, 6.07) is 4.78. The van der Waals surface area contributed by atoms with E-state index in [1.54, 1.807) is 18.2 Å². The maximum atomic E-state index is 9.19. The second kappa shape index (κ2) is 3.25. The zero-order chi connectivity index (χ0) is 8.27. The normalized spacial score (nSPS) is 10.6. The molecule has 1 aromatic rings. The van der Waals surface area contributed by atoms with Gasteiger partial charge in [-0.3, -0.25) is 0 Å². The average Bonchev–Trinajstić information content (AvgIpc) is 1.99. The molecular weight excluding hydrogens is 166 g/mol. The van der Waals surface area contributed by atoms with Crippen LogP contribution in [0.2, 0.25) is 5.02 Å². The van der Waals surface area contributed by atoms with E-state index in [-0.39, 0.29) is 10.8 Å². The third-order valence-electron chi connectivity index (χ3n) is 1.21. The standard InChI is InChI=1S/C7H6ClNO2/c8-6-3-1-2-5(4-9-11)7(6)10/h1-4,10-11H/b9-4-. The van der Waals surface area contributed by atoms with Crippen LogP contribution in [0.25, 0.3) is 0 Å². The van der Waals surface area contributed by atoms with Crippen molar-refractivity contribution in [3.63, 3.8) is 0 Å². The SMILES string of the molecule is O/N=C\c1cccc(Cl)c1O. The van der Waals surface area contributed by atoms with Gasteiger partial charge in [-0.15, -0.1) is 0 Å². The molecule has 0 atom stereocenters. The number of halogens is 1. The minimum atomic E-state index is -0.0769. The number of para-hydroxylation sites is 1. The average molecular weight is 172 g/mol. The van der Waals surface area contributed by atoms with E-state index in [4.69, 9.17) is 16.8 Å². The Labute approximate surface area is 68.5 Å². The first-order valence-corrected chi connectivity index (χ1v) is 3.28. The predicted molar refractivity (Wildman–Crippen MR) is 42.5 cm³/mol. The van der Waals surface area contributed by atoms with Crippen molar-refractivity contribution in [2.75, 3.05) is 0 Å². The van der Waals surface area contributed by atoms with Gasteiger partial charge in [0.25, 0.3) is 0 Å². The zero-order valence-corrected chi connectivity index (χ0v) is 6.28. The van der Waals surface area contributed by atoms with Gasteiger partial charge in [-0.1, -0.05) is 22.8 Å². The van der Waals surface area contributed by atoms with Gasteiger partial charge in [-0.2, -0.15) is 0 Å². The lowest BCUT2D eigenvalue weighted by Crippen LogP contribution is -1.81. The van der Waals surface area contributed by atoms with Gasteiger partial charge in [0, 0.05) is 5.56 Å². The van der Waals surface area contributed by atoms with Crippen LogP contribution in [0.1, 0.15) is 5.56 Å². The highest BCUT2D eigenvalue weighted by molar-refractivity contribution is 6.32. The van der Waals surface area contributed by atoms with Gasteiger partial charge < -0.3 is 10.3 Å². The highest BCUT2D eigenvalue weighted by Crippen LogP contribution is 2.25. The van der Waals surface area contributed by atoms with E-state index < -0.39 is 0 Å². The van der Waals surface area contributed by atoms with Gasteiger partial charge in [-0.05, 0) is 12.1 Å². The molecule has 58 valence electrons. The van der Waals surface area contributed by atoms with Gasteiger partial charge in [0.1, 0.15) is 5.75 Å². The lowest BCUT2D eigenvalue weighted by atomic mass is 10.2. The van der Waals surface area contributed by atoms with Crippen molar-refractivity contribution in [2.24, 2.45) is 5.16 Å². The molecule has 1 rings (SSSR count). The van der Waals surface area contributed by atoms with Crippen LogP contribution >= 0.6 is 11.6 Å². The van der Waals surface area contributed by atoms with Crippen molar-refractivity contribution in [1.29, 1.82) is 0 Å². The Morgan fingerprint density at radius 3 is 2.82 bits per heavy atom. The molecule has 0 radical (unpaired) electrons. The molecule has 0 aliphatic heterocycles. The number of hydrogen-bond donors (Lipinski definition) is 2. The molecule has 4 heteroatoms. The van der Waals surface area contributed by atoms with Crippen LogP contribution in [-0.2, 0) is 0 Å². The summed E-state index contributed by atoms with van der Waals surface area (Å²) >= 11 is 5.56. The fraction of sp³-hybridized carbons (Fsp3) is 0. The predicted octanol–water partition coefficient (Wildman–Crippen LogP) is 1.85. The van der Waals surface area contributed by atoms with Gasteiger partial charge in [0.05, 0.1) is 11.2 Å². The molecule has 1 aromatic carbocycles. The smallest absolute Gasteiger partial charge is 0.143 e. The van der Waals surface area contributed by atoms with Crippen LogP contribution in [0, 0.1) is 0 Å². The third kappa shape index (κ3) is 1.62. The molecule has 0 spiro atoms. The summed E-state index contributed by atoms with van der Waals surface area (Å²) in [7, 11) is 0. The second-order valence-electron chi connectivity index (χ2n) is 1.92. The molecule has 0 amide bonds. The van der Waals surface area contributed by atoms with Gasteiger partial charge >= 0.3 is 0 Å². The lowest BCUT2D eigenvalue weighted by Gasteiger charge is -1.97. The molecule has 0 fully saturated rings. The van der Waals surface area contributed by atoms with Crippen LogP contribution in [0.5, 0.6) is 5.75 Å². The molecule has 0 heterocycles. The molecule has 0 saturated carbocycles. The molecule has 0 unspecified atom stereocenters. The topological polar surface area (TPSA) is 52.8 Å². The Balaban J connectivity index is 3.16. The van der Waals surface area contributed by atoms with E-state index in [0.29, 0.717) is 5.56 Å². The second-order valence-corrected chi connectivity index (χ2v) is 2.33. The molecule has 11 heavy (non-hydrogen) atoms. The van der Waals surface area contributed by atoms with E-state index in [1.165, 1.54) is 0 Å². The number of nitrogens with zero attached hydrogens (tertiary/aromatic N) is 1. The Bertz CT molecular complexity index is 286. The lowest BCUT2D eigenvalue weighted by molar-refractivity contribution is 0.321. The molecule has 3 nitrogen and oxygen atoms in total. The summed E-state index contributed by atoms with van der Waals surface area (Å²) in [5.74, 6) is -0.0769. The fourth-order valence-electron chi connectivity index (χ4n) is 0.698. The van der Waals surface area contributed by atoms with E-state index in [2.05, 4.69) is 5.16 Å². The first kappa shape index (κ1) is 7.88. The number of aromatic hydroxyl groups is 1. The van der Waals surface area contributed by atoms with E-state index in [0.717, 1.165) is 6.21 Å². The fourth-order valence-corrected chi connectivity index (χ4v) is 0.880. The first-order chi connectivity index (χ1) is 5.25. The number of phenolic OH excluding ortho intramolecular Hbond substituents is 1. The number of oxime groups is 1. The molecular formula is C7H6ClNO2. The summed E-state index contributed by atoms with van der Waals surface area (Å²) in [6.07, 6.45) is 1.11. The van der Waals surface area contributed by atoms with Gasteiger partial charge in [-0.25, -0.2) is 0 Å². The number of benzene rings is 1. The molecule has 0 aliphatic rings. The number of hydrogen-bond acceptors (Lipinski definition) is 3. The van der Waals surface area contributed by atoms with Gasteiger partial charge in [0.2, 0.25) is 0 Å². The van der Waals surface area contributed by atoms with Crippen LogP contribution in [-0.4, -0.2) is 16.5 Å². The van der Waals surface area contributed by atoms with Crippen molar-refractivity contribution < 1.29 is 10.3 Å². The Hall–Kier alpha value is -1.22. The maximum Gasteiger partial charge on any atom is 0.143 e. The monoisotopic (exact) mass is 171 g/mol. The summed E-state index contributed by atoms with van der Waals surface area (Å²) < 4.78 is 0. The van der Waals surface area contributed by atoms with Crippen LogP contribution in [0.4, 0.5) is 0 Å².